The van der Waals surface area contributed by atoms with E-state index in [-0.39, 0.29) is 28.6 Å². The normalized spacial score (nSPS) is 17.8. The van der Waals surface area contributed by atoms with Crippen LogP contribution in [0, 0.1) is 27.7 Å². The molecule has 0 spiro atoms. The van der Waals surface area contributed by atoms with E-state index in [1.165, 1.54) is 10.4 Å². The summed E-state index contributed by atoms with van der Waals surface area (Å²) in [5, 5.41) is 0. The molecule has 2 saturated heterocycles. The Hall–Kier alpha value is -2.14. The molecule has 2 aliphatic heterocycles. The Morgan fingerprint density at radius 3 is 2.00 bits per heavy atom. The van der Waals surface area contributed by atoms with Crippen molar-refractivity contribution in [1.29, 1.82) is 0 Å². The molecule has 0 aliphatic carbocycles. The van der Waals surface area contributed by atoms with Crippen molar-refractivity contribution >= 4 is 31.4 Å². The second-order valence-electron chi connectivity index (χ2n) is 9.08. The van der Waals surface area contributed by atoms with Crippen LogP contribution in [-0.4, -0.2) is 60.5 Å². The van der Waals surface area contributed by atoms with Gasteiger partial charge >= 0.3 is 0 Å². The zero-order chi connectivity index (χ0) is 24.7. The first-order valence-corrected chi connectivity index (χ1v) is 14.5. The topological polar surface area (TPSA) is 96.0 Å². The highest BCUT2D eigenvalue weighted by molar-refractivity contribution is 7.93. The second kappa shape index (κ2) is 9.49. The SMILES string of the molecule is Cc1cc(C)c(C)c(S(=O)(=O)Nc2cc(S(=O)(=O)N3CCOCC3)ccc2N2CCCC2)c1C. The van der Waals surface area contributed by atoms with Crippen LogP contribution in [0.4, 0.5) is 11.4 Å². The number of benzene rings is 2. The Morgan fingerprint density at radius 1 is 0.824 bits per heavy atom. The van der Waals surface area contributed by atoms with Crippen LogP contribution in [-0.2, 0) is 24.8 Å². The lowest BCUT2D eigenvalue weighted by Crippen LogP contribution is -2.40. The standard InChI is InChI=1S/C24H33N3O5S2/c1-17-15-18(2)20(4)24(19(17)3)33(28,29)25-22-16-21(7-8-23(22)26-9-5-6-10-26)34(30,31)27-11-13-32-14-12-27/h7-8,15-16,25H,5-6,9-14H2,1-4H3. The van der Waals surface area contributed by atoms with Gasteiger partial charge in [-0.1, -0.05) is 6.07 Å². The summed E-state index contributed by atoms with van der Waals surface area (Å²) in [6.45, 7) is 10.2. The summed E-state index contributed by atoms with van der Waals surface area (Å²) in [5.41, 5.74) is 4.15. The molecule has 34 heavy (non-hydrogen) atoms. The summed E-state index contributed by atoms with van der Waals surface area (Å²) in [6.07, 6.45) is 2.02. The first kappa shape index (κ1) is 25.0. The molecule has 186 valence electrons. The quantitative estimate of drug-likeness (QED) is 0.644. The molecule has 0 aromatic heterocycles. The first-order valence-electron chi connectivity index (χ1n) is 11.6. The summed E-state index contributed by atoms with van der Waals surface area (Å²) < 4.78 is 63.3. The van der Waals surface area contributed by atoms with Crippen molar-refractivity contribution in [2.45, 2.75) is 50.3 Å². The number of sulfonamides is 2. The van der Waals surface area contributed by atoms with Crippen LogP contribution in [0.5, 0.6) is 0 Å². The smallest absolute Gasteiger partial charge is 0.262 e. The Balaban J connectivity index is 1.80. The molecule has 4 rings (SSSR count). The summed E-state index contributed by atoms with van der Waals surface area (Å²) in [4.78, 5) is 2.42. The summed E-state index contributed by atoms with van der Waals surface area (Å²) in [5.74, 6) is 0. The molecule has 2 aromatic carbocycles. The highest BCUT2D eigenvalue weighted by Crippen LogP contribution is 2.35. The van der Waals surface area contributed by atoms with Crippen LogP contribution in [0.15, 0.2) is 34.1 Å². The molecule has 0 amide bonds. The van der Waals surface area contributed by atoms with Gasteiger partial charge in [-0.15, -0.1) is 0 Å². The minimum atomic E-state index is -3.96. The van der Waals surface area contributed by atoms with Crippen LogP contribution in [0.25, 0.3) is 0 Å². The van der Waals surface area contributed by atoms with Crippen LogP contribution in [0.3, 0.4) is 0 Å². The summed E-state index contributed by atoms with van der Waals surface area (Å²) in [6, 6.07) is 6.74. The number of ether oxygens (including phenoxy) is 1. The van der Waals surface area contributed by atoms with Gasteiger partial charge in [0.1, 0.15) is 0 Å². The average molecular weight is 508 g/mol. The Bertz CT molecular complexity index is 1270. The monoisotopic (exact) mass is 507 g/mol. The highest BCUT2D eigenvalue weighted by Gasteiger charge is 2.30. The van der Waals surface area contributed by atoms with E-state index in [4.69, 9.17) is 4.74 Å². The fourth-order valence-corrected chi connectivity index (χ4v) is 7.82. The Kier molecular flexibility index (Phi) is 6.97. The summed E-state index contributed by atoms with van der Waals surface area (Å²) in [7, 11) is -7.74. The van der Waals surface area contributed by atoms with Crippen molar-refractivity contribution in [2.75, 3.05) is 49.0 Å². The van der Waals surface area contributed by atoms with Gasteiger partial charge in [0.05, 0.1) is 34.4 Å². The fraction of sp³-hybridized carbons (Fsp3) is 0.500. The van der Waals surface area contributed by atoms with Crippen molar-refractivity contribution in [1.82, 2.24) is 4.31 Å². The Labute approximate surface area is 203 Å². The highest BCUT2D eigenvalue weighted by atomic mass is 32.2. The van der Waals surface area contributed by atoms with Crippen molar-refractivity contribution in [2.24, 2.45) is 0 Å². The van der Waals surface area contributed by atoms with Gasteiger partial charge < -0.3 is 9.64 Å². The van der Waals surface area contributed by atoms with Crippen molar-refractivity contribution in [3.05, 3.63) is 46.5 Å². The zero-order valence-corrected chi connectivity index (χ0v) is 21.9. The molecule has 0 saturated carbocycles. The molecular formula is C24H33N3O5S2. The summed E-state index contributed by atoms with van der Waals surface area (Å²) >= 11 is 0. The molecule has 2 aliphatic rings. The van der Waals surface area contributed by atoms with E-state index in [1.54, 1.807) is 26.0 Å². The maximum Gasteiger partial charge on any atom is 0.262 e. The van der Waals surface area contributed by atoms with Crippen molar-refractivity contribution < 1.29 is 21.6 Å². The maximum atomic E-state index is 13.7. The van der Waals surface area contributed by atoms with Gasteiger partial charge in [0.15, 0.2) is 0 Å². The molecule has 0 bridgehead atoms. The number of hydrogen-bond donors (Lipinski definition) is 1. The van der Waals surface area contributed by atoms with Gasteiger partial charge in [-0.2, -0.15) is 4.31 Å². The molecule has 8 nitrogen and oxygen atoms in total. The fourth-order valence-electron chi connectivity index (χ4n) is 4.71. The average Bonchev–Trinajstić information content (AvgIpc) is 3.33. The van der Waals surface area contributed by atoms with Gasteiger partial charge in [-0.25, -0.2) is 16.8 Å². The molecule has 0 radical (unpaired) electrons. The number of morpholine rings is 1. The number of aryl methyl sites for hydroxylation is 2. The third-order valence-corrected chi connectivity index (χ3v) is 10.4. The molecule has 2 aromatic rings. The lowest BCUT2D eigenvalue weighted by atomic mass is 10.0. The third-order valence-electron chi connectivity index (χ3n) is 6.83. The molecular weight excluding hydrogens is 474 g/mol. The maximum absolute atomic E-state index is 13.7. The van der Waals surface area contributed by atoms with Crippen LogP contribution in [0.1, 0.15) is 35.1 Å². The molecule has 2 fully saturated rings. The third kappa shape index (κ3) is 4.68. The lowest BCUT2D eigenvalue weighted by Gasteiger charge is -2.27. The van der Waals surface area contributed by atoms with Gasteiger partial charge in [0.2, 0.25) is 10.0 Å². The molecule has 10 heteroatoms. The molecule has 2 heterocycles. The molecule has 1 N–H and O–H groups in total. The van der Waals surface area contributed by atoms with Crippen molar-refractivity contribution in [3.63, 3.8) is 0 Å². The van der Waals surface area contributed by atoms with E-state index in [9.17, 15) is 16.8 Å². The Morgan fingerprint density at radius 2 is 1.41 bits per heavy atom. The van der Waals surface area contributed by atoms with Gasteiger partial charge in [-0.3, -0.25) is 4.72 Å². The minimum Gasteiger partial charge on any atom is -0.379 e. The van der Waals surface area contributed by atoms with Gasteiger partial charge in [0.25, 0.3) is 10.0 Å². The largest absolute Gasteiger partial charge is 0.379 e. The van der Waals surface area contributed by atoms with E-state index >= 15 is 0 Å². The van der Waals surface area contributed by atoms with Crippen LogP contribution < -0.4 is 9.62 Å². The predicted octanol–water partition coefficient (Wildman–Crippen LogP) is 3.34. The van der Waals surface area contributed by atoms with E-state index in [1.807, 2.05) is 19.9 Å². The lowest BCUT2D eigenvalue weighted by molar-refractivity contribution is 0.0730. The van der Waals surface area contributed by atoms with Crippen LogP contribution >= 0.6 is 0 Å². The van der Waals surface area contributed by atoms with Gasteiger partial charge in [-0.05, 0) is 81.0 Å². The van der Waals surface area contributed by atoms with E-state index in [0.29, 0.717) is 30.0 Å². The number of nitrogens with one attached hydrogen (secondary N) is 1. The number of nitrogens with zero attached hydrogens (tertiary/aromatic N) is 2. The van der Waals surface area contributed by atoms with E-state index in [0.717, 1.165) is 37.1 Å². The number of rotatable bonds is 6. The first-order chi connectivity index (χ1) is 16.0. The van der Waals surface area contributed by atoms with E-state index < -0.39 is 20.0 Å². The zero-order valence-electron chi connectivity index (χ0n) is 20.2. The van der Waals surface area contributed by atoms with E-state index in [2.05, 4.69) is 9.62 Å². The minimum absolute atomic E-state index is 0.0731. The number of hydrogen-bond acceptors (Lipinski definition) is 6. The molecule has 0 unspecified atom stereocenters. The van der Waals surface area contributed by atoms with Crippen molar-refractivity contribution in [3.8, 4) is 0 Å². The predicted molar refractivity (Wildman–Crippen MR) is 134 cm³/mol. The second-order valence-corrected chi connectivity index (χ2v) is 12.6. The van der Waals surface area contributed by atoms with Crippen LogP contribution in [0.2, 0.25) is 0 Å². The molecule has 0 atom stereocenters. The van der Waals surface area contributed by atoms with Gasteiger partial charge in [0, 0.05) is 26.2 Å². The number of anilines is 2.